The van der Waals surface area contributed by atoms with Gasteiger partial charge in [0.15, 0.2) is 5.82 Å². The maximum atomic E-state index is 14.3. The number of aliphatic hydroxyl groups is 1. The minimum Gasteiger partial charge on any atom is -0.390 e. The molecule has 2 rings (SSSR count). The van der Waals surface area contributed by atoms with Crippen molar-refractivity contribution in [3.63, 3.8) is 0 Å². The second kappa shape index (κ2) is 9.75. The molecule has 2 N–H and O–H groups in total. The van der Waals surface area contributed by atoms with Gasteiger partial charge < -0.3 is 10.0 Å². The molecule has 0 saturated carbocycles. The fraction of sp³-hybridized carbons (Fsp3) is 0.450. The van der Waals surface area contributed by atoms with E-state index in [1.54, 1.807) is 25.9 Å². The van der Waals surface area contributed by atoms with E-state index in [4.69, 9.17) is 0 Å². The van der Waals surface area contributed by atoms with Crippen molar-refractivity contribution in [1.29, 1.82) is 0 Å². The normalized spacial score (nSPS) is 13.1. The number of carbonyl (C=O) groups excluding carboxylic acids is 1. The summed E-state index contributed by atoms with van der Waals surface area (Å²) in [6.45, 7) is 5.13. The zero-order valence-corrected chi connectivity index (χ0v) is 17.5. The number of amides is 1. The minimum atomic E-state index is -2.92. The SMILES string of the molecule is Cc1c(CO)nn(C(c2ccc(C(F)F)c(F)c2)C(C)C)c1/N=C(\NC=O)N(C)C. The molecule has 1 heterocycles. The summed E-state index contributed by atoms with van der Waals surface area (Å²) < 4.78 is 41.7. The van der Waals surface area contributed by atoms with Crippen molar-refractivity contribution in [3.05, 3.63) is 46.4 Å². The number of benzene rings is 1. The largest absolute Gasteiger partial charge is 0.390 e. The van der Waals surface area contributed by atoms with Crippen molar-refractivity contribution in [3.8, 4) is 0 Å². The monoisotopic (exact) mass is 425 g/mol. The number of nitrogens with zero attached hydrogens (tertiary/aromatic N) is 4. The summed E-state index contributed by atoms with van der Waals surface area (Å²) in [5, 5.41) is 16.6. The van der Waals surface area contributed by atoms with E-state index in [9.17, 15) is 23.1 Å². The first kappa shape index (κ1) is 23.4. The van der Waals surface area contributed by atoms with Crippen LogP contribution in [0.15, 0.2) is 23.2 Å². The van der Waals surface area contributed by atoms with Crippen molar-refractivity contribution in [1.82, 2.24) is 20.0 Å². The highest BCUT2D eigenvalue weighted by molar-refractivity contribution is 5.90. The van der Waals surface area contributed by atoms with Crippen molar-refractivity contribution in [2.75, 3.05) is 14.1 Å². The van der Waals surface area contributed by atoms with Crippen molar-refractivity contribution < 1.29 is 23.1 Å². The minimum absolute atomic E-state index is 0.122. The zero-order valence-electron chi connectivity index (χ0n) is 17.5. The smallest absolute Gasteiger partial charge is 0.266 e. The van der Waals surface area contributed by atoms with E-state index in [-0.39, 0.29) is 18.5 Å². The first-order valence-corrected chi connectivity index (χ1v) is 9.34. The molecule has 1 atom stereocenters. The Morgan fingerprint density at radius 1 is 1.37 bits per heavy atom. The molecule has 0 fully saturated rings. The molecule has 1 amide bonds. The van der Waals surface area contributed by atoms with Crippen LogP contribution in [0, 0.1) is 18.7 Å². The Hall–Kier alpha value is -2.88. The summed E-state index contributed by atoms with van der Waals surface area (Å²) in [4.78, 5) is 17.0. The lowest BCUT2D eigenvalue weighted by Crippen LogP contribution is -2.35. The molecule has 1 aromatic carbocycles. The number of hydrogen-bond acceptors (Lipinski definition) is 4. The van der Waals surface area contributed by atoms with Crippen LogP contribution in [0.25, 0.3) is 0 Å². The van der Waals surface area contributed by atoms with Gasteiger partial charge in [0.2, 0.25) is 12.4 Å². The van der Waals surface area contributed by atoms with Crippen LogP contribution in [0.1, 0.15) is 48.7 Å². The second-order valence-electron chi connectivity index (χ2n) is 7.36. The molecule has 10 heteroatoms. The van der Waals surface area contributed by atoms with Gasteiger partial charge in [0.1, 0.15) is 5.82 Å². The maximum absolute atomic E-state index is 14.3. The van der Waals surface area contributed by atoms with Crippen molar-refractivity contribution >= 4 is 18.2 Å². The lowest BCUT2D eigenvalue weighted by atomic mass is 9.95. The molecule has 7 nitrogen and oxygen atoms in total. The molecule has 0 aliphatic carbocycles. The van der Waals surface area contributed by atoms with Crippen LogP contribution in [0.3, 0.4) is 0 Å². The number of nitrogens with one attached hydrogen (secondary N) is 1. The van der Waals surface area contributed by atoms with Crippen LogP contribution in [0.4, 0.5) is 19.0 Å². The number of rotatable bonds is 7. The average molecular weight is 425 g/mol. The Balaban J connectivity index is 2.70. The third kappa shape index (κ3) is 4.81. The van der Waals surface area contributed by atoms with Gasteiger partial charge in [-0.05, 0) is 24.5 Å². The van der Waals surface area contributed by atoms with Crippen LogP contribution in [0.2, 0.25) is 0 Å². The molecule has 1 aromatic heterocycles. The van der Waals surface area contributed by atoms with E-state index >= 15 is 0 Å². The molecular formula is C20H26F3N5O2. The lowest BCUT2D eigenvalue weighted by Gasteiger charge is -2.24. The second-order valence-corrected chi connectivity index (χ2v) is 7.36. The van der Waals surface area contributed by atoms with Crippen LogP contribution < -0.4 is 5.32 Å². The Kier molecular flexibility index (Phi) is 7.60. The van der Waals surface area contributed by atoms with Crippen LogP contribution in [-0.2, 0) is 11.4 Å². The highest BCUT2D eigenvalue weighted by Gasteiger charge is 2.27. The number of aliphatic imine (C=N–C) groups is 1. The number of alkyl halides is 2. The van der Waals surface area contributed by atoms with Gasteiger partial charge in [0.05, 0.1) is 23.9 Å². The molecular weight excluding hydrogens is 399 g/mol. The fourth-order valence-electron chi connectivity index (χ4n) is 3.16. The predicted octanol–water partition coefficient (Wildman–Crippen LogP) is 3.30. The molecule has 0 spiro atoms. The van der Waals surface area contributed by atoms with Crippen LogP contribution in [0.5, 0.6) is 0 Å². The molecule has 0 aliphatic rings. The van der Waals surface area contributed by atoms with E-state index in [0.29, 0.717) is 29.0 Å². The van der Waals surface area contributed by atoms with Crippen molar-refractivity contribution in [2.45, 2.75) is 39.8 Å². The fourth-order valence-corrected chi connectivity index (χ4v) is 3.16. The predicted molar refractivity (Wildman–Crippen MR) is 107 cm³/mol. The summed E-state index contributed by atoms with van der Waals surface area (Å²) in [7, 11) is 3.38. The number of hydrogen-bond donors (Lipinski definition) is 2. The zero-order chi connectivity index (χ0) is 22.6. The highest BCUT2D eigenvalue weighted by atomic mass is 19.3. The van der Waals surface area contributed by atoms with Gasteiger partial charge in [0.25, 0.3) is 6.43 Å². The number of guanidine groups is 1. The quantitative estimate of drug-likeness (QED) is 0.405. The van der Waals surface area contributed by atoms with Gasteiger partial charge in [0, 0.05) is 19.7 Å². The Morgan fingerprint density at radius 3 is 2.50 bits per heavy atom. The first-order valence-electron chi connectivity index (χ1n) is 9.34. The summed E-state index contributed by atoms with van der Waals surface area (Å²) in [5.74, 6) is -0.529. The van der Waals surface area contributed by atoms with E-state index in [1.165, 1.54) is 10.7 Å². The molecule has 0 saturated heterocycles. The molecule has 164 valence electrons. The topological polar surface area (TPSA) is 82.8 Å². The van der Waals surface area contributed by atoms with Gasteiger partial charge in [-0.15, -0.1) is 0 Å². The third-order valence-electron chi connectivity index (χ3n) is 4.68. The molecule has 30 heavy (non-hydrogen) atoms. The lowest BCUT2D eigenvalue weighted by molar-refractivity contribution is -0.108. The van der Waals surface area contributed by atoms with E-state index in [2.05, 4.69) is 15.4 Å². The average Bonchev–Trinajstić information content (AvgIpc) is 2.96. The number of aromatic nitrogens is 2. The molecule has 0 bridgehead atoms. The Labute approximate surface area is 173 Å². The third-order valence-corrected chi connectivity index (χ3v) is 4.68. The summed E-state index contributed by atoms with van der Waals surface area (Å²) >= 11 is 0. The van der Waals surface area contributed by atoms with Gasteiger partial charge in [-0.25, -0.2) is 17.9 Å². The summed E-state index contributed by atoms with van der Waals surface area (Å²) in [5.41, 5.74) is 0.718. The van der Waals surface area contributed by atoms with Crippen LogP contribution >= 0.6 is 0 Å². The molecule has 0 radical (unpaired) electrons. The number of carbonyl (C=O) groups is 1. The van der Waals surface area contributed by atoms with E-state index in [1.807, 2.05) is 13.8 Å². The Morgan fingerprint density at radius 2 is 2.03 bits per heavy atom. The van der Waals surface area contributed by atoms with E-state index in [0.717, 1.165) is 12.1 Å². The highest BCUT2D eigenvalue weighted by Crippen LogP contribution is 2.35. The summed E-state index contributed by atoms with van der Waals surface area (Å²) in [6.07, 6.45) is -2.43. The van der Waals surface area contributed by atoms with Crippen LogP contribution in [-0.4, -0.2) is 46.3 Å². The maximum Gasteiger partial charge on any atom is 0.266 e. The number of aliphatic hydroxyl groups excluding tert-OH is 1. The van der Waals surface area contributed by atoms with Gasteiger partial charge in [-0.1, -0.05) is 26.0 Å². The molecule has 1 unspecified atom stereocenters. The first-order chi connectivity index (χ1) is 14.1. The van der Waals surface area contributed by atoms with Crippen molar-refractivity contribution in [2.24, 2.45) is 10.9 Å². The Bertz CT molecular complexity index is 925. The standard InChI is InChI=1S/C20H26F3N5O2/c1-11(2)17(13-6-7-14(18(22)23)15(21)8-13)28-19(12(3)16(9-29)26-28)25-20(24-10-30)27(4)5/h6-8,10-11,17-18,29H,9H2,1-5H3,(H,24,25,30). The van der Waals surface area contributed by atoms with Gasteiger partial charge >= 0.3 is 0 Å². The molecule has 0 aliphatic heterocycles. The van der Waals surface area contributed by atoms with Gasteiger partial charge in [-0.2, -0.15) is 10.1 Å². The van der Waals surface area contributed by atoms with Gasteiger partial charge in [-0.3, -0.25) is 10.1 Å². The summed E-state index contributed by atoms with van der Waals surface area (Å²) in [6, 6.07) is 3.03. The molecule has 2 aromatic rings. The van der Waals surface area contributed by atoms with E-state index < -0.39 is 23.8 Å². The number of halogens is 3.